The van der Waals surface area contributed by atoms with Crippen LogP contribution in [-0.2, 0) is 10.6 Å². The van der Waals surface area contributed by atoms with Crippen LogP contribution < -0.4 is 4.74 Å². The van der Waals surface area contributed by atoms with Gasteiger partial charge in [-0.25, -0.2) is 8.78 Å². The first-order chi connectivity index (χ1) is 8.70. The standard InChI is InChI=1S/C13H15ClF2O2/c14-8-9-6-11(15)13(12(16)7-9)18-5-3-10-2-1-4-17-10/h6-7,10H,1-5,8H2. The van der Waals surface area contributed by atoms with Gasteiger partial charge in [-0.2, -0.15) is 0 Å². The van der Waals surface area contributed by atoms with E-state index in [0.717, 1.165) is 19.4 Å². The van der Waals surface area contributed by atoms with Crippen molar-refractivity contribution in [2.45, 2.75) is 31.2 Å². The second-order valence-electron chi connectivity index (χ2n) is 4.29. The Balaban J connectivity index is 1.92. The first-order valence-electron chi connectivity index (χ1n) is 5.99. The van der Waals surface area contributed by atoms with Gasteiger partial charge in [0, 0.05) is 18.9 Å². The SMILES string of the molecule is Fc1cc(CCl)cc(F)c1OCCC1CCCO1. The summed E-state index contributed by atoms with van der Waals surface area (Å²) in [4.78, 5) is 0. The highest BCUT2D eigenvalue weighted by atomic mass is 35.5. The molecule has 0 bridgehead atoms. The molecule has 1 saturated heterocycles. The second kappa shape index (κ2) is 6.34. The zero-order valence-electron chi connectivity index (χ0n) is 9.93. The molecule has 1 fully saturated rings. The summed E-state index contributed by atoms with van der Waals surface area (Å²) < 4.78 is 37.6. The molecule has 100 valence electrons. The fourth-order valence-electron chi connectivity index (χ4n) is 1.99. The average Bonchev–Trinajstić information content (AvgIpc) is 2.85. The van der Waals surface area contributed by atoms with E-state index in [1.165, 1.54) is 12.1 Å². The minimum atomic E-state index is -0.710. The number of halogens is 3. The van der Waals surface area contributed by atoms with Crippen molar-refractivity contribution in [2.24, 2.45) is 0 Å². The zero-order chi connectivity index (χ0) is 13.0. The molecule has 1 heterocycles. The van der Waals surface area contributed by atoms with Gasteiger partial charge < -0.3 is 9.47 Å². The van der Waals surface area contributed by atoms with Crippen LogP contribution in [-0.4, -0.2) is 19.3 Å². The minimum Gasteiger partial charge on any atom is -0.488 e. The summed E-state index contributed by atoms with van der Waals surface area (Å²) in [6, 6.07) is 2.38. The summed E-state index contributed by atoms with van der Waals surface area (Å²) in [5.74, 6) is -1.68. The largest absolute Gasteiger partial charge is 0.488 e. The first-order valence-corrected chi connectivity index (χ1v) is 6.52. The van der Waals surface area contributed by atoms with Gasteiger partial charge in [-0.3, -0.25) is 0 Å². The average molecular weight is 277 g/mol. The van der Waals surface area contributed by atoms with Crippen molar-refractivity contribution < 1.29 is 18.3 Å². The Bertz CT molecular complexity index is 383. The molecule has 2 nitrogen and oxygen atoms in total. The molecule has 5 heteroatoms. The highest BCUT2D eigenvalue weighted by Gasteiger charge is 2.17. The fraction of sp³-hybridized carbons (Fsp3) is 0.538. The fourth-order valence-corrected chi connectivity index (χ4v) is 2.15. The molecule has 1 aliphatic rings. The van der Waals surface area contributed by atoms with Crippen molar-refractivity contribution >= 4 is 11.6 Å². The van der Waals surface area contributed by atoms with E-state index in [2.05, 4.69) is 0 Å². The molecule has 18 heavy (non-hydrogen) atoms. The summed E-state index contributed by atoms with van der Waals surface area (Å²) >= 11 is 5.52. The van der Waals surface area contributed by atoms with Crippen LogP contribution in [0.4, 0.5) is 8.78 Å². The summed E-state index contributed by atoms with van der Waals surface area (Å²) in [5.41, 5.74) is 0.401. The van der Waals surface area contributed by atoms with Gasteiger partial charge in [0.25, 0.3) is 0 Å². The molecule has 0 aliphatic carbocycles. The Labute approximate surface area is 110 Å². The maximum Gasteiger partial charge on any atom is 0.190 e. The van der Waals surface area contributed by atoms with E-state index >= 15 is 0 Å². The van der Waals surface area contributed by atoms with Gasteiger partial charge in [-0.05, 0) is 30.5 Å². The molecule has 0 aromatic heterocycles. The number of benzene rings is 1. The van der Waals surface area contributed by atoms with Crippen LogP contribution in [0.5, 0.6) is 5.75 Å². The van der Waals surface area contributed by atoms with E-state index < -0.39 is 11.6 Å². The van der Waals surface area contributed by atoms with Gasteiger partial charge in [0.05, 0.1) is 12.7 Å². The summed E-state index contributed by atoms with van der Waals surface area (Å²) in [5, 5.41) is 0. The van der Waals surface area contributed by atoms with Crippen LogP contribution in [0.3, 0.4) is 0 Å². The van der Waals surface area contributed by atoms with Crippen LogP contribution >= 0.6 is 11.6 Å². The van der Waals surface area contributed by atoms with E-state index in [4.69, 9.17) is 21.1 Å². The van der Waals surface area contributed by atoms with E-state index in [1.807, 2.05) is 0 Å². The van der Waals surface area contributed by atoms with Gasteiger partial charge in [-0.15, -0.1) is 11.6 Å². The lowest BCUT2D eigenvalue weighted by Crippen LogP contribution is -2.12. The third-order valence-electron chi connectivity index (χ3n) is 2.92. The summed E-state index contributed by atoms with van der Waals surface area (Å²) in [7, 11) is 0. The lowest BCUT2D eigenvalue weighted by molar-refractivity contribution is 0.0890. The zero-order valence-corrected chi connectivity index (χ0v) is 10.7. The Morgan fingerprint density at radius 2 is 2.06 bits per heavy atom. The van der Waals surface area contributed by atoms with Crippen molar-refractivity contribution in [1.29, 1.82) is 0 Å². The summed E-state index contributed by atoms with van der Waals surface area (Å²) in [6.45, 7) is 1.01. The molecule has 2 rings (SSSR count). The van der Waals surface area contributed by atoms with Crippen molar-refractivity contribution in [3.8, 4) is 5.75 Å². The molecular weight excluding hydrogens is 262 g/mol. The highest BCUT2D eigenvalue weighted by molar-refractivity contribution is 6.17. The van der Waals surface area contributed by atoms with Crippen LogP contribution in [0.15, 0.2) is 12.1 Å². The Morgan fingerprint density at radius 3 is 2.61 bits per heavy atom. The van der Waals surface area contributed by atoms with Gasteiger partial charge in [-0.1, -0.05) is 0 Å². The molecule has 0 radical (unpaired) electrons. The molecule has 0 N–H and O–H groups in total. The third kappa shape index (κ3) is 3.33. The lowest BCUT2D eigenvalue weighted by atomic mass is 10.2. The second-order valence-corrected chi connectivity index (χ2v) is 4.56. The quantitative estimate of drug-likeness (QED) is 0.764. The highest BCUT2D eigenvalue weighted by Crippen LogP contribution is 2.25. The predicted molar refractivity (Wildman–Crippen MR) is 65.0 cm³/mol. The van der Waals surface area contributed by atoms with Crippen LogP contribution in [0.1, 0.15) is 24.8 Å². The van der Waals surface area contributed by atoms with Crippen molar-refractivity contribution in [1.82, 2.24) is 0 Å². The number of ether oxygens (including phenoxy) is 2. The number of rotatable bonds is 5. The smallest absolute Gasteiger partial charge is 0.190 e. The lowest BCUT2D eigenvalue weighted by Gasteiger charge is -2.12. The molecule has 1 aliphatic heterocycles. The Morgan fingerprint density at radius 1 is 1.33 bits per heavy atom. The van der Waals surface area contributed by atoms with Crippen molar-refractivity contribution in [3.05, 3.63) is 29.3 Å². The minimum absolute atomic E-state index is 0.0734. The molecule has 0 spiro atoms. The van der Waals surface area contributed by atoms with Crippen molar-refractivity contribution in [3.63, 3.8) is 0 Å². The third-order valence-corrected chi connectivity index (χ3v) is 3.23. The molecular formula is C13H15ClF2O2. The summed E-state index contributed by atoms with van der Waals surface area (Å²) in [6.07, 6.45) is 2.83. The number of alkyl halides is 1. The van der Waals surface area contributed by atoms with Gasteiger partial charge in [0.2, 0.25) is 0 Å². The molecule has 0 amide bonds. The first kappa shape index (κ1) is 13.6. The number of hydrogen-bond donors (Lipinski definition) is 0. The maximum absolute atomic E-state index is 13.5. The van der Waals surface area contributed by atoms with Crippen LogP contribution in [0, 0.1) is 11.6 Å². The normalized spacial score (nSPS) is 19.2. The van der Waals surface area contributed by atoms with Gasteiger partial charge in [0.1, 0.15) is 0 Å². The van der Waals surface area contributed by atoms with Gasteiger partial charge in [0.15, 0.2) is 17.4 Å². The predicted octanol–water partition coefficient (Wildman–Crippen LogP) is 3.65. The van der Waals surface area contributed by atoms with Crippen molar-refractivity contribution in [2.75, 3.05) is 13.2 Å². The molecule has 1 atom stereocenters. The van der Waals surface area contributed by atoms with Crippen LogP contribution in [0.25, 0.3) is 0 Å². The molecule has 1 aromatic rings. The molecule has 0 saturated carbocycles. The maximum atomic E-state index is 13.5. The molecule has 1 aromatic carbocycles. The van der Waals surface area contributed by atoms with E-state index in [1.54, 1.807) is 0 Å². The number of hydrogen-bond acceptors (Lipinski definition) is 2. The Hall–Kier alpha value is -0.870. The Kier molecular flexibility index (Phi) is 4.78. The van der Waals surface area contributed by atoms with Gasteiger partial charge >= 0.3 is 0 Å². The van der Waals surface area contributed by atoms with Crippen LogP contribution in [0.2, 0.25) is 0 Å². The van der Waals surface area contributed by atoms with E-state index in [-0.39, 0.29) is 24.3 Å². The topological polar surface area (TPSA) is 18.5 Å². The van der Waals surface area contributed by atoms with E-state index in [9.17, 15) is 8.78 Å². The monoisotopic (exact) mass is 276 g/mol. The van der Waals surface area contributed by atoms with E-state index in [0.29, 0.717) is 12.0 Å². The molecule has 1 unspecified atom stereocenters.